The van der Waals surface area contributed by atoms with Crippen molar-refractivity contribution < 1.29 is 8.42 Å². The minimum atomic E-state index is -3.09. The molecule has 4 nitrogen and oxygen atoms in total. The Morgan fingerprint density at radius 2 is 2.12 bits per heavy atom. The quantitative estimate of drug-likeness (QED) is 0.925. The number of hydrogen-bond acceptors (Lipinski definition) is 4. The lowest BCUT2D eigenvalue weighted by Crippen LogP contribution is -2.38. The van der Waals surface area contributed by atoms with Gasteiger partial charge in [-0.3, -0.25) is 0 Å². The summed E-state index contributed by atoms with van der Waals surface area (Å²) in [5, 5.41) is 3.02. The third-order valence-corrected chi connectivity index (χ3v) is 5.24. The lowest BCUT2D eigenvalue weighted by atomic mass is 10.2. The standard InChI is InChI=1S/C10H15BrN2O2S/c1-10(2,16(3,14)15)7-13-9-8(11)5-4-6-12-9/h4-6H,7H2,1-3H3,(H,12,13). The van der Waals surface area contributed by atoms with Crippen molar-refractivity contribution in [2.75, 3.05) is 18.1 Å². The molecule has 0 aromatic carbocycles. The van der Waals surface area contributed by atoms with Gasteiger partial charge in [0.25, 0.3) is 0 Å². The molecule has 1 aromatic rings. The van der Waals surface area contributed by atoms with Gasteiger partial charge < -0.3 is 5.32 Å². The number of nitrogens with one attached hydrogen (secondary N) is 1. The third-order valence-electron chi connectivity index (χ3n) is 2.44. The summed E-state index contributed by atoms with van der Waals surface area (Å²) < 4.78 is 23.0. The zero-order valence-electron chi connectivity index (χ0n) is 9.49. The predicted octanol–water partition coefficient (Wildman–Crippen LogP) is 2.08. The van der Waals surface area contributed by atoms with Gasteiger partial charge >= 0.3 is 0 Å². The average molecular weight is 307 g/mol. The minimum absolute atomic E-state index is 0.321. The maximum atomic E-state index is 11.5. The largest absolute Gasteiger partial charge is 0.368 e. The molecule has 0 aliphatic carbocycles. The lowest BCUT2D eigenvalue weighted by Gasteiger charge is -2.23. The van der Waals surface area contributed by atoms with E-state index >= 15 is 0 Å². The number of pyridine rings is 1. The first-order valence-electron chi connectivity index (χ1n) is 4.78. The molecule has 16 heavy (non-hydrogen) atoms. The molecule has 0 amide bonds. The van der Waals surface area contributed by atoms with Crippen LogP contribution in [0.2, 0.25) is 0 Å². The van der Waals surface area contributed by atoms with Crippen LogP contribution in [0.4, 0.5) is 5.82 Å². The number of anilines is 1. The molecule has 0 radical (unpaired) electrons. The Kier molecular flexibility index (Phi) is 3.96. The Bertz CT molecular complexity index is 471. The number of halogens is 1. The number of hydrogen-bond donors (Lipinski definition) is 1. The van der Waals surface area contributed by atoms with Gasteiger partial charge in [0.05, 0.1) is 9.22 Å². The van der Waals surface area contributed by atoms with E-state index in [1.54, 1.807) is 26.1 Å². The van der Waals surface area contributed by atoms with Crippen molar-refractivity contribution in [2.24, 2.45) is 0 Å². The minimum Gasteiger partial charge on any atom is -0.368 e. The van der Waals surface area contributed by atoms with Gasteiger partial charge in [-0.15, -0.1) is 0 Å². The van der Waals surface area contributed by atoms with Crippen LogP contribution in [0, 0.1) is 0 Å². The molecule has 90 valence electrons. The molecular formula is C10H15BrN2O2S. The van der Waals surface area contributed by atoms with Crippen molar-refractivity contribution >= 4 is 31.6 Å². The Morgan fingerprint density at radius 3 is 2.62 bits per heavy atom. The monoisotopic (exact) mass is 306 g/mol. The molecule has 0 aliphatic rings. The fourth-order valence-corrected chi connectivity index (χ4v) is 1.67. The molecule has 1 rings (SSSR count). The van der Waals surface area contributed by atoms with E-state index in [9.17, 15) is 8.42 Å². The highest BCUT2D eigenvalue weighted by Crippen LogP contribution is 2.21. The fourth-order valence-electron chi connectivity index (χ4n) is 0.943. The molecule has 0 fully saturated rings. The van der Waals surface area contributed by atoms with Gasteiger partial charge in [-0.05, 0) is 41.9 Å². The number of nitrogens with zero attached hydrogens (tertiary/aromatic N) is 1. The highest BCUT2D eigenvalue weighted by atomic mass is 79.9. The summed E-state index contributed by atoms with van der Waals surface area (Å²) in [4.78, 5) is 4.11. The third kappa shape index (κ3) is 3.18. The van der Waals surface area contributed by atoms with Crippen LogP contribution in [-0.4, -0.2) is 30.9 Å². The Morgan fingerprint density at radius 1 is 1.50 bits per heavy atom. The van der Waals surface area contributed by atoms with E-state index < -0.39 is 14.6 Å². The second-order valence-electron chi connectivity index (χ2n) is 4.22. The van der Waals surface area contributed by atoms with E-state index in [2.05, 4.69) is 26.2 Å². The van der Waals surface area contributed by atoms with Gasteiger partial charge in [-0.2, -0.15) is 0 Å². The number of aromatic nitrogens is 1. The van der Waals surface area contributed by atoms with Crippen molar-refractivity contribution in [1.82, 2.24) is 4.98 Å². The topological polar surface area (TPSA) is 59.1 Å². The van der Waals surface area contributed by atoms with Crippen LogP contribution >= 0.6 is 15.9 Å². The first-order valence-corrected chi connectivity index (χ1v) is 7.46. The van der Waals surface area contributed by atoms with Gasteiger partial charge in [0, 0.05) is 19.0 Å². The Labute approximate surface area is 105 Å². The van der Waals surface area contributed by atoms with E-state index in [1.165, 1.54) is 6.26 Å². The second-order valence-corrected chi connectivity index (χ2v) is 7.72. The SMILES string of the molecule is CC(C)(CNc1ncccc1Br)S(C)(=O)=O. The highest BCUT2D eigenvalue weighted by molar-refractivity contribution is 9.10. The molecule has 1 N–H and O–H groups in total. The normalized spacial score (nSPS) is 12.5. The molecule has 0 saturated heterocycles. The summed E-state index contributed by atoms with van der Waals surface area (Å²) >= 11 is 3.34. The zero-order valence-corrected chi connectivity index (χ0v) is 11.9. The zero-order chi connectivity index (χ0) is 12.4. The first kappa shape index (κ1) is 13.4. The highest BCUT2D eigenvalue weighted by Gasteiger charge is 2.30. The molecule has 0 bridgehead atoms. The van der Waals surface area contributed by atoms with Crippen LogP contribution in [0.5, 0.6) is 0 Å². The van der Waals surface area contributed by atoms with Crippen molar-refractivity contribution in [1.29, 1.82) is 0 Å². The summed E-state index contributed by atoms with van der Waals surface area (Å²) in [5.74, 6) is 0.652. The van der Waals surface area contributed by atoms with E-state index in [1.807, 2.05) is 6.07 Å². The van der Waals surface area contributed by atoms with Gasteiger partial charge in [-0.25, -0.2) is 13.4 Å². The number of sulfone groups is 1. The summed E-state index contributed by atoms with van der Waals surface area (Å²) in [6, 6.07) is 3.65. The van der Waals surface area contributed by atoms with Gasteiger partial charge in [0.1, 0.15) is 5.82 Å². The van der Waals surface area contributed by atoms with E-state index in [-0.39, 0.29) is 0 Å². The summed E-state index contributed by atoms with van der Waals surface area (Å²) in [6.07, 6.45) is 2.89. The smallest absolute Gasteiger partial charge is 0.154 e. The van der Waals surface area contributed by atoms with Crippen LogP contribution < -0.4 is 5.32 Å². The maximum Gasteiger partial charge on any atom is 0.154 e. The Balaban J connectivity index is 2.77. The predicted molar refractivity (Wildman–Crippen MR) is 69.3 cm³/mol. The second kappa shape index (κ2) is 4.71. The van der Waals surface area contributed by atoms with Gasteiger partial charge in [-0.1, -0.05) is 0 Å². The molecule has 6 heteroatoms. The van der Waals surface area contributed by atoms with E-state index in [0.29, 0.717) is 12.4 Å². The molecule has 0 atom stereocenters. The molecule has 0 saturated carbocycles. The van der Waals surface area contributed by atoms with Gasteiger partial charge in [0.15, 0.2) is 9.84 Å². The lowest BCUT2D eigenvalue weighted by molar-refractivity contribution is 0.559. The maximum absolute atomic E-state index is 11.5. The van der Waals surface area contributed by atoms with Crippen molar-refractivity contribution in [3.63, 3.8) is 0 Å². The molecule has 0 spiro atoms. The van der Waals surface area contributed by atoms with Gasteiger partial charge in [0.2, 0.25) is 0 Å². The van der Waals surface area contributed by atoms with Crippen LogP contribution in [0.1, 0.15) is 13.8 Å². The van der Waals surface area contributed by atoms with Crippen molar-refractivity contribution in [3.8, 4) is 0 Å². The fraction of sp³-hybridized carbons (Fsp3) is 0.500. The van der Waals surface area contributed by atoms with Crippen LogP contribution in [0.25, 0.3) is 0 Å². The Hall–Kier alpha value is -0.620. The first-order chi connectivity index (χ1) is 7.24. The molecule has 1 heterocycles. The molecule has 0 unspecified atom stereocenters. The summed E-state index contributed by atoms with van der Waals surface area (Å²) in [7, 11) is -3.09. The van der Waals surface area contributed by atoms with E-state index in [0.717, 1.165) is 4.47 Å². The van der Waals surface area contributed by atoms with Crippen molar-refractivity contribution in [2.45, 2.75) is 18.6 Å². The number of rotatable bonds is 4. The molecule has 0 aliphatic heterocycles. The molecule has 1 aromatic heterocycles. The molecular weight excluding hydrogens is 292 g/mol. The van der Waals surface area contributed by atoms with Crippen molar-refractivity contribution in [3.05, 3.63) is 22.8 Å². The van der Waals surface area contributed by atoms with Crippen LogP contribution in [0.15, 0.2) is 22.8 Å². The van der Waals surface area contributed by atoms with Crippen LogP contribution in [-0.2, 0) is 9.84 Å². The summed E-state index contributed by atoms with van der Waals surface area (Å²) in [5.41, 5.74) is 0. The van der Waals surface area contributed by atoms with Crippen LogP contribution in [0.3, 0.4) is 0 Å². The average Bonchev–Trinajstić information content (AvgIpc) is 2.15. The summed E-state index contributed by atoms with van der Waals surface area (Å²) in [6.45, 7) is 3.69. The van der Waals surface area contributed by atoms with E-state index in [4.69, 9.17) is 0 Å².